The van der Waals surface area contributed by atoms with Gasteiger partial charge in [0.1, 0.15) is 0 Å². The molecule has 0 saturated heterocycles. The molecular formula is C74H62N2+2. The van der Waals surface area contributed by atoms with Crippen LogP contribution in [0.3, 0.4) is 0 Å². The fraction of sp³-hybridized carbons (Fsp3) is 0.162. The van der Waals surface area contributed by atoms with Crippen LogP contribution < -0.4 is 9.13 Å². The van der Waals surface area contributed by atoms with Gasteiger partial charge >= 0.3 is 0 Å². The molecule has 4 heterocycles. The summed E-state index contributed by atoms with van der Waals surface area (Å²) in [6, 6.07) is 89.2. The van der Waals surface area contributed by atoms with Gasteiger partial charge in [-0.25, -0.2) is 0 Å². The first-order chi connectivity index (χ1) is 37.4. The minimum absolute atomic E-state index is 0.0506. The molecule has 1 aliphatic carbocycles. The number of unbranched alkanes of at least 4 members (excludes halogenated alkanes) is 1. The lowest BCUT2D eigenvalue weighted by Crippen LogP contribution is -2.65. The van der Waals surface area contributed by atoms with Gasteiger partial charge in [-0.2, -0.15) is 9.13 Å². The molecule has 0 bridgehead atoms. The predicted octanol–water partition coefficient (Wildman–Crippen LogP) is 18.1. The minimum atomic E-state index is -0.152. The summed E-state index contributed by atoms with van der Waals surface area (Å²) in [5.74, 6) is 0.389. The van der Waals surface area contributed by atoms with Crippen LogP contribution in [0, 0.1) is 5.41 Å². The Hall–Kier alpha value is -8.46. The van der Waals surface area contributed by atoms with Crippen molar-refractivity contribution in [1.29, 1.82) is 0 Å². The second-order valence-electron chi connectivity index (χ2n) is 22.0. The molecule has 1 fully saturated rings. The molecule has 366 valence electrons. The largest absolute Gasteiger partial charge is 0.243 e. The highest BCUT2D eigenvalue weighted by atomic mass is 15.2. The minimum Gasteiger partial charge on any atom is -0.187 e. The van der Waals surface area contributed by atoms with E-state index in [1.165, 1.54) is 130 Å². The first-order valence-corrected chi connectivity index (χ1v) is 27.7. The molecule has 76 heavy (non-hydrogen) atoms. The molecular weight excluding hydrogens is 917 g/mol. The SMILES string of the molecule is CCCCc1cc[n+]2c(c1)-c1ccccc1C1C(C)(CC)C12C1Cc2ccc(-c3cccc(-c4cc(-c5ccccc5)cc(-c5cc(-c6ccccc6)cc(-c6ccccc6)c5)c4)c3)cc2-c2c3ccccc3cc[n+]21. The second-order valence-corrected chi connectivity index (χ2v) is 22.0. The molecule has 1 saturated carbocycles. The maximum Gasteiger partial charge on any atom is 0.243 e. The summed E-state index contributed by atoms with van der Waals surface area (Å²) >= 11 is 0. The third kappa shape index (κ3) is 7.36. The molecule has 0 spiro atoms. The highest BCUT2D eigenvalue weighted by molar-refractivity contribution is 5.95. The van der Waals surface area contributed by atoms with Crippen LogP contribution in [-0.2, 0) is 18.4 Å². The molecule has 0 N–H and O–H groups in total. The van der Waals surface area contributed by atoms with Crippen molar-refractivity contribution in [3.63, 3.8) is 0 Å². The van der Waals surface area contributed by atoms with Gasteiger partial charge in [0, 0.05) is 30.2 Å². The average molecular weight is 979 g/mol. The van der Waals surface area contributed by atoms with Crippen LogP contribution in [0.4, 0.5) is 0 Å². The molecule has 0 amide bonds. The quantitative estimate of drug-likeness (QED) is 0.114. The molecule has 2 nitrogen and oxygen atoms in total. The van der Waals surface area contributed by atoms with Gasteiger partial charge in [0.2, 0.25) is 23.0 Å². The normalized spacial score (nSPS) is 18.7. The lowest BCUT2D eigenvalue weighted by atomic mass is 9.80. The molecule has 2 aromatic heterocycles. The Morgan fingerprint density at radius 3 is 1.61 bits per heavy atom. The molecule has 3 aliphatic rings. The Kier molecular flexibility index (Phi) is 11.2. The van der Waals surface area contributed by atoms with Crippen molar-refractivity contribution in [3.05, 3.63) is 266 Å². The van der Waals surface area contributed by atoms with Crippen LogP contribution in [0.25, 0.3) is 100 Å². The van der Waals surface area contributed by atoms with E-state index in [2.05, 4.69) is 279 Å². The molecule has 4 unspecified atom stereocenters. The number of nitrogens with zero attached hydrogens (tertiary/aromatic N) is 2. The fourth-order valence-corrected chi connectivity index (χ4v) is 14.1. The summed E-state index contributed by atoms with van der Waals surface area (Å²) < 4.78 is 5.49. The van der Waals surface area contributed by atoms with E-state index in [0.29, 0.717) is 5.92 Å². The number of pyridine rings is 2. The van der Waals surface area contributed by atoms with Gasteiger partial charge in [0.25, 0.3) is 0 Å². The van der Waals surface area contributed by atoms with Crippen molar-refractivity contribution < 1.29 is 9.13 Å². The number of fused-ring (bicyclic) bond motifs is 11. The van der Waals surface area contributed by atoms with Crippen molar-refractivity contribution in [2.75, 3.05) is 0 Å². The lowest BCUT2D eigenvalue weighted by Gasteiger charge is -2.31. The number of benzene rings is 9. The molecule has 11 aromatic rings. The summed E-state index contributed by atoms with van der Waals surface area (Å²) in [5, 5.41) is 2.58. The number of hydrogen-bond donors (Lipinski definition) is 0. The van der Waals surface area contributed by atoms with E-state index in [1.807, 2.05) is 0 Å². The van der Waals surface area contributed by atoms with Crippen molar-refractivity contribution >= 4 is 10.8 Å². The highest BCUT2D eigenvalue weighted by Crippen LogP contribution is 2.77. The number of rotatable bonds is 11. The number of aryl methyl sites for hydroxylation is 1. The molecule has 2 aliphatic heterocycles. The average Bonchev–Trinajstić information content (AvgIpc) is 3.09. The Labute approximate surface area is 448 Å². The molecule has 0 radical (unpaired) electrons. The van der Waals surface area contributed by atoms with Gasteiger partial charge < -0.3 is 0 Å². The fourth-order valence-electron chi connectivity index (χ4n) is 14.1. The van der Waals surface area contributed by atoms with Crippen LogP contribution in [0.1, 0.15) is 68.7 Å². The van der Waals surface area contributed by atoms with E-state index in [1.54, 1.807) is 0 Å². The van der Waals surface area contributed by atoms with Crippen LogP contribution >= 0.6 is 0 Å². The van der Waals surface area contributed by atoms with Crippen LogP contribution in [0.2, 0.25) is 0 Å². The Morgan fingerprint density at radius 2 is 0.974 bits per heavy atom. The summed E-state index contributed by atoms with van der Waals surface area (Å²) in [6.07, 6.45) is 10.5. The van der Waals surface area contributed by atoms with E-state index >= 15 is 0 Å². The van der Waals surface area contributed by atoms with E-state index in [9.17, 15) is 0 Å². The standard InChI is InChI=1S/C74H62N2/c1-4-6-21-50-36-39-76-69(40-50)66-32-18-19-33-67(66)72-73(3,5-2)74(72,76)70-49-58-35-34-57(48-68(58)71-65-31-17-16-28-54(65)37-38-75(70)71)55-29-20-30-56(41-55)62-43-61(53-26-14-9-15-27-53)46-64(47-62)63-44-59(51-22-10-7-11-23-51)42-60(45-63)52-24-12-8-13-25-52/h7-20,22-48,70,72H,4-6,21,49H2,1-3H3/q+2. The zero-order valence-electron chi connectivity index (χ0n) is 43.8. The molecule has 4 atom stereocenters. The summed E-state index contributed by atoms with van der Waals surface area (Å²) in [4.78, 5) is 0. The smallest absolute Gasteiger partial charge is 0.187 e. The summed E-state index contributed by atoms with van der Waals surface area (Å²) in [5.41, 5.74) is 24.2. The first kappa shape index (κ1) is 46.1. The van der Waals surface area contributed by atoms with E-state index in [-0.39, 0.29) is 17.0 Å². The summed E-state index contributed by atoms with van der Waals surface area (Å²) in [6.45, 7) is 7.33. The molecule has 2 heteroatoms. The lowest BCUT2D eigenvalue weighted by molar-refractivity contribution is -0.827. The zero-order chi connectivity index (χ0) is 51.0. The van der Waals surface area contributed by atoms with Gasteiger partial charge in [-0.3, -0.25) is 0 Å². The van der Waals surface area contributed by atoms with Crippen LogP contribution in [0.5, 0.6) is 0 Å². The van der Waals surface area contributed by atoms with Crippen molar-refractivity contribution in [3.8, 4) is 89.3 Å². The predicted molar refractivity (Wildman–Crippen MR) is 315 cm³/mol. The van der Waals surface area contributed by atoms with Gasteiger partial charge in [-0.1, -0.05) is 185 Å². The summed E-state index contributed by atoms with van der Waals surface area (Å²) in [7, 11) is 0. The maximum atomic E-state index is 2.76. The zero-order valence-corrected chi connectivity index (χ0v) is 43.8. The highest BCUT2D eigenvalue weighted by Gasteiger charge is 2.88. The van der Waals surface area contributed by atoms with Crippen molar-refractivity contribution in [2.45, 2.75) is 70.4 Å². The Morgan fingerprint density at radius 1 is 0.447 bits per heavy atom. The van der Waals surface area contributed by atoms with Crippen LogP contribution in [-0.4, -0.2) is 0 Å². The van der Waals surface area contributed by atoms with E-state index in [0.717, 1.165) is 19.3 Å². The second kappa shape index (κ2) is 18.4. The topological polar surface area (TPSA) is 7.76 Å². The molecule has 14 rings (SSSR count). The van der Waals surface area contributed by atoms with Gasteiger partial charge in [0.05, 0.1) is 22.3 Å². The van der Waals surface area contributed by atoms with Crippen LogP contribution in [0.15, 0.2) is 249 Å². The third-order valence-electron chi connectivity index (χ3n) is 18.0. The Bertz CT molecular complexity index is 3970. The maximum absolute atomic E-state index is 2.76. The van der Waals surface area contributed by atoms with Gasteiger partial charge in [0.15, 0.2) is 12.4 Å². The van der Waals surface area contributed by atoms with Crippen molar-refractivity contribution in [1.82, 2.24) is 0 Å². The Balaban J connectivity index is 0.899. The third-order valence-corrected chi connectivity index (χ3v) is 18.0. The number of hydrogen-bond acceptors (Lipinski definition) is 0. The number of aromatic nitrogens is 2. The van der Waals surface area contributed by atoms with Gasteiger partial charge in [-0.05, 0) is 169 Å². The first-order valence-electron chi connectivity index (χ1n) is 27.7. The van der Waals surface area contributed by atoms with E-state index in [4.69, 9.17) is 0 Å². The van der Waals surface area contributed by atoms with Crippen molar-refractivity contribution in [2.24, 2.45) is 5.41 Å². The van der Waals surface area contributed by atoms with Gasteiger partial charge in [-0.15, -0.1) is 0 Å². The monoisotopic (exact) mass is 978 g/mol. The molecule has 9 aromatic carbocycles. The van der Waals surface area contributed by atoms with E-state index < -0.39 is 0 Å².